The van der Waals surface area contributed by atoms with Gasteiger partial charge >= 0.3 is 5.97 Å². The number of rotatable bonds is 5. The van der Waals surface area contributed by atoms with Crippen molar-refractivity contribution in [1.82, 2.24) is 0 Å². The van der Waals surface area contributed by atoms with Gasteiger partial charge in [-0.15, -0.1) is 0 Å². The zero-order valence-corrected chi connectivity index (χ0v) is 12.5. The van der Waals surface area contributed by atoms with Gasteiger partial charge in [0.15, 0.2) is 5.82 Å². The van der Waals surface area contributed by atoms with Gasteiger partial charge in [0.05, 0.1) is 16.7 Å². The monoisotopic (exact) mass is 332 g/mol. The molecule has 0 radical (unpaired) electrons. The van der Waals surface area contributed by atoms with Crippen molar-refractivity contribution in [3.63, 3.8) is 0 Å². The van der Waals surface area contributed by atoms with Crippen LogP contribution in [0.4, 0.5) is 15.8 Å². The van der Waals surface area contributed by atoms with Crippen molar-refractivity contribution in [3.05, 3.63) is 33.6 Å². The van der Waals surface area contributed by atoms with Gasteiger partial charge < -0.3 is 10.4 Å². The fourth-order valence-corrected chi connectivity index (χ4v) is 4.51. The molecule has 1 aliphatic heterocycles. The van der Waals surface area contributed by atoms with Gasteiger partial charge in [0.2, 0.25) is 0 Å². The second kappa shape index (κ2) is 6.99. The van der Waals surface area contributed by atoms with E-state index < -0.39 is 28.0 Å². The molecule has 1 fully saturated rings. The summed E-state index contributed by atoms with van der Waals surface area (Å²) in [6.45, 7) is 0.492. The Balaban J connectivity index is 2.17. The van der Waals surface area contributed by atoms with E-state index in [-0.39, 0.29) is 5.69 Å². The van der Waals surface area contributed by atoms with Crippen molar-refractivity contribution >= 4 is 40.9 Å². The van der Waals surface area contributed by atoms with Gasteiger partial charge in [0.1, 0.15) is 5.56 Å². The van der Waals surface area contributed by atoms with Crippen molar-refractivity contribution in [3.8, 4) is 0 Å². The maximum atomic E-state index is 13.8. The molecule has 9 heteroatoms. The van der Waals surface area contributed by atoms with E-state index in [0.29, 0.717) is 17.9 Å². The number of nitrogens with one attached hydrogen (secondary N) is 1. The minimum Gasteiger partial charge on any atom is -0.477 e. The van der Waals surface area contributed by atoms with Gasteiger partial charge in [-0.1, -0.05) is 0 Å². The topological polar surface area (TPSA) is 92.5 Å². The third kappa shape index (κ3) is 4.01. The highest BCUT2D eigenvalue weighted by molar-refractivity contribution is 8.06. The summed E-state index contributed by atoms with van der Waals surface area (Å²) < 4.78 is 13.8. The predicted molar refractivity (Wildman–Crippen MR) is 82.1 cm³/mol. The molecule has 1 aliphatic rings. The summed E-state index contributed by atoms with van der Waals surface area (Å²) in [7, 11) is 0. The summed E-state index contributed by atoms with van der Waals surface area (Å²) in [5.41, 5.74) is -1.28. The van der Waals surface area contributed by atoms with Gasteiger partial charge in [-0.25, -0.2) is 9.18 Å². The van der Waals surface area contributed by atoms with E-state index >= 15 is 0 Å². The second-order valence-electron chi connectivity index (χ2n) is 4.36. The highest BCUT2D eigenvalue weighted by atomic mass is 32.2. The lowest BCUT2D eigenvalue weighted by atomic mass is 10.1. The first-order valence-corrected chi connectivity index (χ1v) is 8.34. The van der Waals surface area contributed by atoms with E-state index in [1.165, 1.54) is 0 Å². The summed E-state index contributed by atoms with van der Waals surface area (Å²) >= 11 is 3.60. The molecule has 0 amide bonds. The minimum atomic E-state index is -1.45. The Bertz CT molecular complexity index is 564. The van der Waals surface area contributed by atoms with Crippen molar-refractivity contribution in [2.75, 3.05) is 29.1 Å². The van der Waals surface area contributed by atoms with Crippen LogP contribution in [0.2, 0.25) is 0 Å². The smallest absolute Gasteiger partial charge is 0.342 e. The molecule has 1 heterocycles. The van der Waals surface area contributed by atoms with Gasteiger partial charge in [0.25, 0.3) is 5.69 Å². The van der Waals surface area contributed by atoms with E-state index in [1.807, 2.05) is 11.8 Å². The lowest BCUT2D eigenvalue weighted by molar-refractivity contribution is -0.385. The quantitative estimate of drug-likeness (QED) is 0.632. The number of benzene rings is 1. The van der Waals surface area contributed by atoms with Gasteiger partial charge in [0, 0.05) is 29.1 Å². The van der Waals surface area contributed by atoms with Crippen LogP contribution in [0.5, 0.6) is 0 Å². The minimum absolute atomic E-state index is 0.0193. The number of nitrogens with zero attached hydrogens (tertiary/aromatic N) is 1. The number of carbonyl (C=O) groups is 1. The molecule has 0 aliphatic carbocycles. The Morgan fingerprint density at radius 1 is 1.52 bits per heavy atom. The van der Waals surface area contributed by atoms with Crippen LogP contribution < -0.4 is 5.32 Å². The summed E-state index contributed by atoms with van der Waals surface area (Å²) in [5.74, 6) is 0.793. The average molecular weight is 332 g/mol. The summed E-state index contributed by atoms with van der Waals surface area (Å²) in [6, 6.07) is 1.63. The third-order valence-corrected chi connectivity index (χ3v) is 5.76. The fourth-order valence-electron chi connectivity index (χ4n) is 1.90. The number of carboxylic acid groups (broad SMARTS) is 1. The number of halogens is 1. The molecule has 2 N–H and O–H groups in total. The fraction of sp³-hybridized carbons (Fsp3) is 0.417. The Hall–Kier alpha value is -1.48. The first-order chi connectivity index (χ1) is 9.99. The molecule has 0 spiro atoms. The van der Waals surface area contributed by atoms with E-state index in [4.69, 9.17) is 5.11 Å². The van der Waals surface area contributed by atoms with E-state index in [9.17, 15) is 19.3 Å². The summed E-state index contributed by atoms with van der Waals surface area (Å²) in [5, 5.41) is 22.9. The molecule has 21 heavy (non-hydrogen) atoms. The van der Waals surface area contributed by atoms with Crippen molar-refractivity contribution < 1.29 is 19.2 Å². The lowest BCUT2D eigenvalue weighted by Gasteiger charge is -2.21. The van der Waals surface area contributed by atoms with Crippen LogP contribution in [0.3, 0.4) is 0 Å². The molecule has 1 unspecified atom stereocenters. The van der Waals surface area contributed by atoms with Crippen LogP contribution in [0.25, 0.3) is 0 Å². The SMILES string of the molecule is O=C(O)c1cc(NCC2CSCCS2)c(F)cc1[N+](=O)[O-]. The van der Waals surface area contributed by atoms with Crippen LogP contribution in [0.15, 0.2) is 12.1 Å². The van der Waals surface area contributed by atoms with Crippen LogP contribution in [-0.4, -0.2) is 45.1 Å². The van der Waals surface area contributed by atoms with Crippen LogP contribution in [0.1, 0.15) is 10.4 Å². The zero-order chi connectivity index (χ0) is 15.4. The maximum Gasteiger partial charge on any atom is 0.342 e. The molecule has 0 bridgehead atoms. The normalized spacial score (nSPS) is 18.2. The van der Waals surface area contributed by atoms with E-state index in [0.717, 1.165) is 23.3 Å². The van der Waals surface area contributed by atoms with E-state index in [2.05, 4.69) is 5.32 Å². The molecule has 1 atom stereocenters. The molecule has 114 valence electrons. The molecule has 1 aromatic rings. The summed E-state index contributed by atoms with van der Waals surface area (Å²) in [6.07, 6.45) is 0. The number of anilines is 1. The Labute approximate surface area is 128 Å². The molecule has 0 aromatic heterocycles. The number of hydrogen-bond donors (Lipinski definition) is 2. The van der Waals surface area contributed by atoms with Crippen LogP contribution in [0, 0.1) is 15.9 Å². The highest BCUT2D eigenvalue weighted by Gasteiger charge is 2.23. The molecular formula is C12H13FN2O4S2. The molecule has 1 saturated heterocycles. The first kappa shape index (κ1) is 15.9. The number of nitro benzene ring substituents is 1. The Morgan fingerprint density at radius 3 is 2.86 bits per heavy atom. The summed E-state index contributed by atoms with van der Waals surface area (Å²) in [4.78, 5) is 20.9. The number of nitro groups is 1. The van der Waals surface area contributed by atoms with Gasteiger partial charge in [-0.3, -0.25) is 10.1 Å². The van der Waals surface area contributed by atoms with Crippen LogP contribution in [-0.2, 0) is 0 Å². The number of carboxylic acids is 1. The Morgan fingerprint density at radius 2 is 2.29 bits per heavy atom. The number of thioether (sulfide) groups is 2. The molecule has 0 saturated carbocycles. The van der Waals surface area contributed by atoms with Crippen LogP contribution >= 0.6 is 23.5 Å². The molecular weight excluding hydrogens is 319 g/mol. The third-order valence-electron chi connectivity index (χ3n) is 2.92. The maximum absolute atomic E-state index is 13.8. The predicted octanol–water partition coefficient (Wildman–Crippen LogP) is 2.69. The largest absolute Gasteiger partial charge is 0.477 e. The van der Waals surface area contributed by atoms with Gasteiger partial charge in [-0.2, -0.15) is 23.5 Å². The average Bonchev–Trinajstić information content (AvgIpc) is 2.46. The van der Waals surface area contributed by atoms with Gasteiger partial charge in [-0.05, 0) is 6.07 Å². The number of aromatic carboxylic acids is 1. The number of hydrogen-bond acceptors (Lipinski definition) is 6. The van der Waals surface area contributed by atoms with Crippen molar-refractivity contribution in [2.24, 2.45) is 0 Å². The lowest BCUT2D eigenvalue weighted by Crippen LogP contribution is -2.23. The highest BCUT2D eigenvalue weighted by Crippen LogP contribution is 2.28. The van der Waals surface area contributed by atoms with Crippen molar-refractivity contribution in [2.45, 2.75) is 5.25 Å². The van der Waals surface area contributed by atoms with Crippen molar-refractivity contribution in [1.29, 1.82) is 0 Å². The second-order valence-corrected chi connectivity index (χ2v) is 6.92. The van der Waals surface area contributed by atoms with E-state index in [1.54, 1.807) is 11.8 Å². The Kier molecular flexibility index (Phi) is 5.29. The molecule has 6 nitrogen and oxygen atoms in total. The first-order valence-electron chi connectivity index (χ1n) is 6.13. The molecule has 1 aromatic carbocycles. The molecule has 2 rings (SSSR count). The standard InChI is InChI=1S/C12H13FN2O4S2/c13-9-4-11(15(18)19)8(12(16)17)3-10(9)14-5-7-6-20-1-2-21-7/h3-4,7,14H,1-2,5-6H2,(H,16,17). The zero-order valence-electron chi connectivity index (χ0n) is 10.9.